The van der Waals surface area contributed by atoms with Crippen LogP contribution in [0.15, 0.2) is 21.2 Å². The second-order valence-electron chi connectivity index (χ2n) is 4.92. The molecule has 0 aliphatic heterocycles. The highest BCUT2D eigenvalue weighted by atomic mass is 32.1. The summed E-state index contributed by atoms with van der Waals surface area (Å²) in [6.45, 7) is 2.93. The third-order valence-corrected chi connectivity index (χ3v) is 3.84. The second kappa shape index (κ2) is 8.56. The summed E-state index contributed by atoms with van der Waals surface area (Å²) in [5.74, 6) is 1.07. The predicted octanol–water partition coefficient (Wildman–Crippen LogP) is 3.43. The van der Waals surface area contributed by atoms with E-state index >= 15 is 0 Å². The van der Waals surface area contributed by atoms with Crippen molar-refractivity contribution in [2.24, 2.45) is 0 Å². The van der Waals surface area contributed by atoms with Gasteiger partial charge < -0.3 is 9.73 Å². The standard InChI is InChI=1S/C15H21N3O2S/c1-2-3-4-5-9-16-13(19)6-7-14-17-18-15(20-14)12-8-10-21-11-12/h8,10-11H,2-7,9H2,1H3,(H,16,19). The van der Waals surface area contributed by atoms with Gasteiger partial charge in [-0.1, -0.05) is 26.2 Å². The molecule has 5 nitrogen and oxygen atoms in total. The lowest BCUT2D eigenvalue weighted by molar-refractivity contribution is -0.121. The van der Waals surface area contributed by atoms with Crippen LogP contribution >= 0.6 is 11.3 Å². The quantitative estimate of drug-likeness (QED) is 0.721. The van der Waals surface area contributed by atoms with Crippen LogP contribution in [-0.2, 0) is 11.2 Å². The fourth-order valence-corrected chi connectivity index (χ4v) is 2.58. The van der Waals surface area contributed by atoms with Gasteiger partial charge in [-0.15, -0.1) is 10.2 Å². The first-order valence-corrected chi connectivity index (χ1v) is 8.35. The fourth-order valence-electron chi connectivity index (χ4n) is 1.95. The Morgan fingerprint density at radius 3 is 3.00 bits per heavy atom. The van der Waals surface area contributed by atoms with E-state index in [0.717, 1.165) is 18.5 Å². The minimum atomic E-state index is 0.0433. The smallest absolute Gasteiger partial charge is 0.248 e. The van der Waals surface area contributed by atoms with Crippen LogP contribution in [0.3, 0.4) is 0 Å². The van der Waals surface area contributed by atoms with Gasteiger partial charge in [0, 0.05) is 30.3 Å². The van der Waals surface area contributed by atoms with Crippen molar-refractivity contribution in [3.8, 4) is 11.5 Å². The van der Waals surface area contributed by atoms with Crippen LogP contribution in [0.1, 0.15) is 44.9 Å². The summed E-state index contributed by atoms with van der Waals surface area (Å²) in [6, 6.07) is 1.94. The van der Waals surface area contributed by atoms with Crippen molar-refractivity contribution >= 4 is 17.2 Å². The van der Waals surface area contributed by atoms with Crippen LogP contribution in [0.2, 0.25) is 0 Å². The molecular formula is C15H21N3O2S. The zero-order valence-corrected chi connectivity index (χ0v) is 13.1. The molecular weight excluding hydrogens is 286 g/mol. The monoisotopic (exact) mass is 307 g/mol. The lowest BCUT2D eigenvalue weighted by atomic mass is 10.2. The number of hydrogen-bond acceptors (Lipinski definition) is 5. The number of aryl methyl sites for hydroxylation is 1. The first kappa shape index (κ1) is 15.7. The SMILES string of the molecule is CCCCCCNC(=O)CCc1nnc(-c2ccsc2)o1. The number of nitrogens with one attached hydrogen (secondary N) is 1. The molecule has 0 radical (unpaired) electrons. The maximum atomic E-state index is 11.7. The van der Waals surface area contributed by atoms with Crippen molar-refractivity contribution in [2.75, 3.05) is 6.54 Å². The summed E-state index contributed by atoms with van der Waals surface area (Å²) >= 11 is 1.58. The van der Waals surface area contributed by atoms with E-state index in [1.807, 2.05) is 16.8 Å². The third-order valence-electron chi connectivity index (χ3n) is 3.15. The molecule has 0 saturated carbocycles. The van der Waals surface area contributed by atoms with Gasteiger partial charge in [-0.2, -0.15) is 11.3 Å². The van der Waals surface area contributed by atoms with E-state index in [1.54, 1.807) is 11.3 Å². The topological polar surface area (TPSA) is 68.0 Å². The summed E-state index contributed by atoms with van der Waals surface area (Å²) < 4.78 is 5.54. The van der Waals surface area contributed by atoms with Crippen molar-refractivity contribution < 1.29 is 9.21 Å². The van der Waals surface area contributed by atoms with E-state index in [-0.39, 0.29) is 5.91 Å². The minimum Gasteiger partial charge on any atom is -0.421 e. The van der Waals surface area contributed by atoms with Crippen LogP contribution < -0.4 is 5.32 Å². The lowest BCUT2D eigenvalue weighted by Crippen LogP contribution is -2.24. The van der Waals surface area contributed by atoms with Crippen molar-refractivity contribution in [3.05, 3.63) is 22.7 Å². The molecule has 2 aromatic rings. The average molecular weight is 307 g/mol. The van der Waals surface area contributed by atoms with E-state index in [0.29, 0.717) is 24.6 Å². The first-order valence-electron chi connectivity index (χ1n) is 7.41. The van der Waals surface area contributed by atoms with Crippen molar-refractivity contribution in [2.45, 2.75) is 45.4 Å². The fraction of sp³-hybridized carbons (Fsp3) is 0.533. The molecule has 0 spiro atoms. The van der Waals surface area contributed by atoms with Gasteiger partial charge in [-0.05, 0) is 17.9 Å². The number of amides is 1. The largest absolute Gasteiger partial charge is 0.421 e. The van der Waals surface area contributed by atoms with Gasteiger partial charge in [0.1, 0.15) is 0 Å². The molecule has 6 heteroatoms. The summed E-state index contributed by atoms with van der Waals surface area (Å²) in [5, 5.41) is 14.8. The summed E-state index contributed by atoms with van der Waals surface area (Å²) in [6.07, 6.45) is 5.52. The minimum absolute atomic E-state index is 0.0433. The zero-order chi connectivity index (χ0) is 14.9. The van der Waals surface area contributed by atoms with Crippen LogP contribution in [0.25, 0.3) is 11.5 Å². The molecule has 1 amide bonds. The number of carbonyl (C=O) groups is 1. The molecule has 0 aromatic carbocycles. The first-order chi connectivity index (χ1) is 10.3. The molecule has 2 aromatic heterocycles. The van der Waals surface area contributed by atoms with Gasteiger partial charge in [-0.25, -0.2) is 0 Å². The third kappa shape index (κ3) is 5.30. The van der Waals surface area contributed by atoms with Crippen molar-refractivity contribution in [3.63, 3.8) is 0 Å². The van der Waals surface area contributed by atoms with Crippen LogP contribution in [0.4, 0.5) is 0 Å². The molecule has 0 atom stereocenters. The van der Waals surface area contributed by atoms with Gasteiger partial charge in [0.15, 0.2) is 0 Å². The lowest BCUT2D eigenvalue weighted by Gasteiger charge is -2.03. The number of aromatic nitrogens is 2. The molecule has 0 aliphatic rings. The molecule has 0 fully saturated rings. The van der Waals surface area contributed by atoms with Crippen LogP contribution in [-0.4, -0.2) is 22.6 Å². The Morgan fingerprint density at radius 2 is 2.24 bits per heavy atom. The Bertz CT molecular complexity index is 537. The van der Waals surface area contributed by atoms with Crippen LogP contribution in [0, 0.1) is 0 Å². The maximum Gasteiger partial charge on any atom is 0.248 e. The molecule has 2 heterocycles. The maximum absolute atomic E-state index is 11.7. The molecule has 0 unspecified atom stereocenters. The Morgan fingerprint density at radius 1 is 1.33 bits per heavy atom. The molecule has 2 rings (SSSR count). The highest BCUT2D eigenvalue weighted by Gasteiger charge is 2.10. The van der Waals surface area contributed by atoms with E-state index in [9.17, 15) is 4.79 Å². The van der Waals surface area contributed by atoms with E-state index < -0.39 is 0 Å². The summed E-state index contributed by atoms with van der Waals surface area (Å²) in [4.78, 5) is 11.7. The predicted molar refractivity (Wildman–Crippen MR) is 83.1 cm³/mol. The van der Waals surface area contributed by atoms with Gasteiger partial charge in [0.25, 0.3) is 0 Å². The molecule has 0 aliphatic carbocycles. The molecule has 0 saturated heterocycles. The van der Waals surface area contributed by atoms with Crippen LogP contribution in [0.5, 0.6) is 0 Å². The number of nitrogens with zero attached hydrogens (tertiary/aromatic N) is 2. The Hall–Kier alpha value is -1.69. The van der Waals surface area contributed by atoms with E-state index in [2.05, 4.69) is 22.4 Å². The highest BCUT2D eigenvalue weighted by Crippen LogP contribution is 2.20. The van der Waals surface area contributed by atoms with Gasteiger partial charge in [-0.3, -0.25) is 4.79 Å². The average Bonchev–Trinajstić information content (AvgIpc) is 3.15. The highest BCUT2D eigenvalue weighted by molar-refractivity contribution is 7.08. The Kier molecular flexibility index (Phi) is 6.40. The zero-order valence-electron chi connectivity index (χ0n) is 12.3. The number of unbranched alkanes of at least 4 members (excludes halogenated alkanes) is 3. The summed E-state index contributed by atoms with van der Waals surface area (Å²) in [7, 11) is 0. The van der Waals surface area contributed by atoms with Crippen molar-refractivity contribution in [1.29, 1.82) is 0 Å². The second-order valence-corrected chi connectivity index (χ2v) is 5.70. The molecule has 1 N–H and O–H groups in total. The van der Waals surface area contributed by atoms with E-state index in [4.69, 9.17) is 4.42 Å². The normalized spacial score (nSPS) is 10.7. The van der Waals surface area contributed by atoms with Gasteiger partial charge >= 0.3 is 0 Å². The Balaban J connectivity index is 1.67. The molecule has 21 heavy (non-hydrogen) atoms. The summed E-state index contributed by atoms with van der Waals surface area (Å²) in [5.41, 5.74) is 0.930. The number of hydrogen-bond donors (Lipinski definition) is 1. The number of thiophene rings is 1. The van der Waals surface area contributed by atoms with Gasteiger partial charge in [0.05, 0.1) is 0 Å². The number of carbonyl (C=O) groups excluding carboxylic acids is 1. The van der Waals surface area contributed by atoms with E-state index in [1.165, 1.54) is 19.3 Å². The Labute approximate surface area is 128 Å². The molecule has 114 valence electrons. The molecule has 0 bridgehead atoms. The number of rotatable bonds is 9. The van der Waals surface area contributed by atoms with Crippen molar-refractivity contribution in [1.82, 2.24) is 15.5 Å². The van der Waals surface area contributed by atoms with Gasteiger partial charge in [0.2, 0.25) is 17.7 Å².